The van der Waals surface area contributed by atoms with E-state index in [0.29, 0.717) is 29.3 Å². The van der Waals surface area contributed by atoms with E-state index in [1.54, 1.807) is 30.7 Å². The lowest BCUT2D eigenvalue weighted by atomic mass is 9.93. The second-order valence-electron chi connectivity index (χ2n) is 7.85. The Labute approximate surface area is 189 Å². The van der Waals surface area contributed by atoms with Gasteiger partial charge in [0.2, 0.25) is 0 Å². The summed E-state index contributed by atoms with van der Waals surface area (Å²) >= 11 is 0. The number of H-pyrrole nitrogens is 1. The maximum atomic E-state index is 12.9. The van der Waals surface area contributed by atoms with Crippen LogP contribution in [0.2, 0.25) is 0 Å². The molecule has 0 unspecified atom stereocenters. The molecule has 33 heavy (non-hydrogen) atoms. The molecule has 4 heterocycles. The number of hydrogen-bond acceptors (Lipinski definition) is 7. The number of ether oxygens (including phenoxy) is 1. The molecule has 10 heteroatoms. The summed E-state index contributed by atoms with van der Waals surface area (Å²) in [5.41, 5.74) is 2.54. The van der Waals surface area contributed by atoms with Crippen LogP contribution >= 0.6 is 0 Å². The van der Waals surface area contributed by atoms with Crippen molar-refractivity contribution < 1.29 is 18.7 Å². The fourth-order valence-electron chi connectivity index (χ4n) is 4.07. The topological polar surface area (TPSA) is 128 Å². The van der Waals surface area contributed by atoms with Crippen molar-refractivity contribution >= 4 is 18.1 Å². The fraction of sp³-hybridized carbons (Fsp3) is 0.261. The molecule has 1 saturated carbocycles. The van der Waals surface area contributed by atoms with Crippen molar-refractivity contribution in [1.29, 1.82) is 0 Å². The van der Waals surface area contributed by atoms with Crippen LogP contribution in [-0.2, 0) is 9.53 Å². The van der Waals surface area contributed by atoms with Crippen LogP contribution in [0.1, 0.15) is 42.3 Å². The van der Waals surface area contributed by atoms with E-state index < -0.39 is 0 Å². The van der Waals surface area contributed by atoms with Gasteiger partial charge in [-0.15, -0.1) is 0 Å². The summed E-state index contributed by atoms with van der Waals surface area (Å²) in [7, 11) is 0. The number of amides is 1. The number of carbonyl (C=O) groups excluding carboxylic acids is 2. The average molecular weight is 446 g/mol. The van der Waals surface area contributed by atoms with Crippen molar-refractivity contribution in [1.82, 2.24) is 25.0 Å². The van der Waals surface area contributed by atoms with Crippen LogP contribution in [0.15, 0.2) is 59.5 Å². The number of anilines is 1. The van der Waals surface area contributed by atoms with E-state index >= 15 is 0 Å². The molecule has 0 radical (unpaired) electrons. The molecule has 1 fully saturated rings. The molecule has 1 aliphatic carbocycles. The van der Waals surface area contributed by atoms with E-state index in [1.165, 1.54) is 0 Å². The van der Waals surface area contributed by atoms with Crippen LogP contribution in [-0.4, -0.2) is 43.4 Å². The Kier molecular flexibility index (Phi) is 5.71. The molecule has 5 rings (SSSR count). The number of rotatable bonds is 7. The summed E-state index contributed by atoms with van der Waals surface area (Å²) in [6.45, 7) is 0.512. The first-order chi connectivity index (χ1) is 16.2. The first kappa shape index (κ1) is 20.7. The summed E-state index contributed by atoms with van der Waals surface area (Å²) in [5, 5.41) is 14.3. The van der Waals surface area contributed by atoms with Gasteiger partial charge in [0.25, 0.3) is 12.4 Å². The monoisotopic (exact) mass is 446 g/mol. The van der Waals surface area contributed by atoms with E-state index in [1.807, 2.05) is 29.1 Å². The Balaban J connectivity index is 1.39. The quantitative estimate of drug-likeness (QED) is 0.413. The van der Waals surface area contributed by atoms with Crippen molar-refractivity contribution in [2.24, 2.45) is 0 Å². The van der Waals surface area contributed by atoms with Gasteiger partial charge in [0.05, 0.1) is 29.2 Å². The molecule has 0 atom stereocenters. The fourth-order valence-corrected chi connectivity index (χ4v) is 4.07. The van der Waals surface area contributed by atoms with E-state index in [2.05, 4.69) is 20.5 Å². The second-order valence-corrected chi connectivity index (χ2v) is 7.85. The lowest BCUT2D eigenvalue weighted by Gasteiger charge is -2.27. The minimum Gasteiger partial charge on any atom is -0.465 e. The van der Waals surface area contributed by atoms with Crippen LogP contribution in [0, 0.1) is 0 Å². The molecule has 4 aromatic heterocycles. The molecule has 0 spiro atoms. The van der Waals surface area contributed by atoms with Crippen molar-refractivity contribution in [3.8, 4) is 22.7 Å². The molecule has 2 N–H and O–H groups in total. The lowest BCUT2D eigenvalue weighted by Crippen LogP contribution is -2.23. The summed E-state index contributed by atoms with van der Waals surface area (Å²) in [6, 6.07) is 9.04. The molecule has 4 aromatic rings. The smallest absolute Gasteiger partial charge is 0.293 e. The van der Waals surface area contributed by atoms with E-state index in [0.717, 1.165) is 31.2 Å². The third kappa shape index (κ3) is 4.40. The first-order valence-electron chi connectivity index (χ1n) is 10.7. The Bertz CT molecular complexity index is 1220. The molecule has 0 aliphatic heterocycles. The Morgan fingerprint density at radius 1 is 1.21 bits per heavy atom. The Morgan fingerprint density at radius 2 is 2.09 bits per heavy atom. The molecular formula is C23H22N6O4. The lowest BCUT2D eigenvalue weighted by molar-refractivity contribution is -0.135. The molecule has 1 aliphatic rings. The highest BCUT2D eigenvalue weighted by molar-refractivity contribution is 6.04. The number of nitrogens with zero attached hydrogens (tertiary/aromatic N) is 4. The highest BCUT2D eigenvalue weighted by Gasteiger charge is 2.26. The largest absolute Gasteiger partial charge is 0.465 e. The van der Waals surface area contributed by atoms with Crippen molar-refractivity contribution in [3.63, 3.8) is 0 Å². The molecule has 10 nitrogen and oxygen atoms in total. The second kappa shape index (κ2) is 9.11. The zero-order valence-electron chi connectivity index (χ0n) is 17.7. The summed E-state index contributed by atoms with van der Waals surface area (Å²) in [4.78, 5) is 28.0. The number of aromatic amines is 1. The number of nitrogens with one attached hydrogen (secondary N) is 2. The molecule has 0 aromatic carbocycles. The van der Waals surface area contributed by atoms with Crippen LogP contribution in [0.25, 0.3) is 22.7 Å². The van der Waals surface area contributed by atoms with Gasteiger partial charge in [0.1, 0.15) is 17.6 Å². The highest BCUT2D eigenvalue weighted by Crippen LogP contribution is 2.33. The van der Waals surface area contributed by atoms with Gasteiger partial charge >= 0.3 is 0 Å². The van der Waals surface area contributed by atoms with Gasteiger partial charge in [-0.05, 0) is 49.9 Å². The molecule has 168 valence electrons. The van der Waals surface area contributed by atoms with Crippen LogP contribution in [0.3, 0.4) is 0 Å². The van der Waals surface area contributed by atoms with Gasteiger partial charge in [-0.3, -0.25) is 24.4 Å². The Morgan fingerprint density at radius 3 is 2.82 bits per heavy atom. The van der Waals surface area contributed by atoms with Gasteiger partial charge in [-0.1, -0.05) is 6.07 Å². The van der Waals surface area contributed by atoms with Crippen molar-refractivity contribution in [2.75, 3.05) is 5.32 Å². The average Bonchev–Trinajstić information content (AvgIpc) is 3.61. The number of aromatic nitrogens is 5. The number of pyridine rings is 1. The van der Waals surface area contributed by atoms with Gasteiger partial charge in [-0.25, -0.2) is 0 Å². The van der Waals surface area contributed by atoms with Gasteiger partial charge in [-0.2, -0.15) is 10.2 Å². The third-order valence-corrected chi connectivity index (χ3v) is 5.77. The van der Waals surface area contributed by atoms with Gasteiger partial charge in [0, 0.05) is 18.6 Å². The minimum atomic E-state index is -0.385. The SMILES string of the molecule is O=COC1CCC(n2cc(NC(=O)c3ccc(-c4cn[nH]c4)o3)c(-c3ccccn3)n2)CC1. The molecule has 0 bridgehead atoms. The Hall–Kier alpha value is -4.21. The minimum absolute atomic E-state index is 0.0490. The van der Waals surface area contributed by atoms with Crippen LogP contribution < -0.4 is 5.32 Å². The summed E-state index contributed by atoms with van der Waals surface area (Å²) in [6.07, 6.45) is 9.96. The third-order valence-electron chi connectivity index (χ3n) is 5.77. The van der Waals surface area contributed by atoms with Crippen LogP contribution in [0.5, 0.6) is 0 Å². The number of furan rings is 1. The number of carbonyl (C=O) groups is 2. The van der Waals surface area contributed by atoms with Gasteiger partial charge < -0.3 is 14.5 Å². The number of hydrogen-bond donors (Lipinski definition) is 2. The standard InChI is InChI=1S/C23H22N6O4/c30-14-32-17-6-4-16(5-7-17)29-13-19(22(28-29)18-3-1-2-10-24-18)27-23(31)21-9-8-20(33-21)15-11-25-26-12-15/h1-3,8-14,16-17H,4-7H2,(H,25,26)(H,27,31). The maximum absolute atomic E-state index is 12.9. The van der Waals surface area contributed by atoms with E-state index in [9.17, 15) is 9.59 Å². The van der Waals surface area contributed by atoms with E-state index in [-0.39, 0.29) is 23.8 Å². The predicted molar refractivity (Wildman–Crippen MR) is 118 cm³/mol. The summed E-state index contributed by atoms with van der Waals surface area (Å²) in [5.74, 6) is 0.339. The van der Waals surface area contributed by atoms with Crippen molar-refractivity contribution in [2.45, 2.75) is 37.8 Å². The first-order valence-corrected chi connectivity index (χ1v) is 10.7. The predicted octanol–water partition coefficient (Wildman–Crippen LogP) is 3.84. The molecule has 1 amide bonds. The zero-order chi connectivity index (χ0) is 22.6. The summed E-state index contributed by atoms with van der Waals surface area (Å²) < 4.78 is 12.7. The maximum Gasteiger partial charge on any atom is 0.293 e. The molecular weight excluding hydrogens is 424 g/mol. The normalized spacial score (nSPS) is 18.1. The van der Waals surface area contributed by atoms with Crippen LogP contribution in [0.4, 0.5) is 5.69 Å². The van der Waals surface area contributed by atoms with Gasteiger partial charge in [0.15, 0.2) is 5.76 Å². The molecule has 0 saturated heterocycles. The highest BCUT2D eigenvalue weighted by atomic mass is 16.5. The van der Waals surface area contributed by atoms with E-state index in [4.69, 9.17) is 14.3 Å². The van der Waals surface area contributed by atoms with Crippen molar-refractivity contribution in [3.05, 3.63) is 60.9 Å². The zero-order valence-corrected chi connectivity index (χ0v) is 17.7.